The van der Waals surface area contributed by atoms with Gasteiger partial charge in [-0.1, -0.05) is 36.4 Å². The maximum Gasteiger partial charge on any atom is 0.339 e. The third kappa shape index (κ3) is 7.45. The molecule has 2 heterocycles. The molecule has 0 bridgehead atoms. The Labute approximate surface area is 262 Å². The molecule has 0 aliphatic rings. The second kappa shape index (κ2) is 13.9. The molecule has 1 N–H and O–H groups in total. The molecule has 228 valence electrons. The molecule has 6 aromatic rings. The predicted molar refractivity (Wildman–Crippen MR) is 170 cm³/mol. The zero-order valence-electron chi connectivity index (χ0n) is 23.2. The normalized spacial score (nSPS) is 11.7. The fourth-order valence-electron chi connectivity index (χ4n) is 4.20. The van der Waals surface area contributed by atoms with E-state index >= 15 is 0 Å². The predicted octanol–water partition coefficient (Wildman–Crippen LogP) is 7.47. The molecule has 0 radical (unpaired) electrons. The summed E-state index contributed by atoms with van der Waals surface area (Å²) in [6.07, 6.45) is 0. The first kappa shape index (κ1) is 31.6. The lowest BCUT2D eigenvalue weighted by Crippen LogP contribution is -2.09. The maximum atomic E-state index is 12.2. The van der Waals surface area contributed by atoms with Gasteiger partial charge in [0.2, 0.25) is 0 Å². The molecular weight excluding hydrogens is 645 g/mol. The molecule has 2 aromatic heterocycles. The van der Waals surface area contributed by atoms with E-state index in [1.807, 2.05) is 16.8 Å². The molecule has 0 aliphatic carbocycles. The van der Waals surface area contributed by atoms with Crippen LogP contribution in [0.2, 0.25) is 0 Å². The second-order valence-electron chi connectivity index (χ2n) is 9.25. The zero-order valence-corrected chi connectivity index (χ0v) is 26.4. The molecule has 0 unspecified atom stereocenters. The van der Waals surface area contributed by atoms with Gasteiger partial charge >= 0.3 is 20.2 Å². The summed E-state index contributed by atoms with van der Waals surface area (Å²) in [6, 6.07) is 26.3. The van der Waals surface area contributed by atoms with Gasteiger partial charge in [0.05, 0.1) is 6.61 Å². The number of hydrogen-bond acceptors (Lipinski definition) is 11. The van der Waals surface area contributed by atoms with Crippen LogP contribution in [0.3, 0.4) is 0 Å². The van der Waals surface area contributed by atoms with Crippen LogP contribution in [-0.4, -0.2) is 29.2 Å². The van der Waals surface area contributed by atoms with Crippen LogP contribution in [0, 0.1) is 0 Å². The van der Waals surface area contributed by atoms with Crippen molar-refractivity contribution >= 4 is 63.1 Å². The summed E-state index contributed by atoms with van der Waals surface area (Å²) in [4.78, 5) is 4.39. The highest BCUT2D eigenvalue weighted by molar-refractivity contribution is 7.87. The fourth-order valence-corrected chi connectivity index (χ4v) is 7.94. The van der Waals surface area contributed by atoms with Gasteiger partial charge in [-0.3, -0.25) is 5.26 Å². The van der Waals surface area contributed by atoms with Crippen LogP contribution in [0.4, 0.5) is 0 Å². The first-order valence-corrected chi connectivity index (χ1v) is 17.5. The van der Waals surface area contributed by atoms with Crippen molar-refractivity contribution in [2.45, 2.75) is 23.0 Å². The molecule has 0 saturated heterocycles. The monoisotopic (exact) mass is 670 g/mol. The van der Waals surface area contributed by atoms with E-state index in [1.165, 1.54) is 35.6 Å². The van der Waals surface area contributed by atoms with Gasteiger partial charge in [-0.25, -0.2) is 4.89 Å². The van der Waals surface area contributed by atoms with Crippen LogP contribution in [-0.2, 0) is 43.1 Å². The van der Waals surface area contributed by atoms with Crippen LogP contribution in [0.15, 0.2) is 118 Å². The number of methoxy groups -OCH3 is 1. The average Bonchev–Trinajstić information content (AvgIpc) is 3.62. The number of rotatable bonds is 10. The Morgan fingerprint density at radius 3 is 1.45 bits per heavy atom. The Morgan fingerprint density at radius 1 is 0.614 bits per heavy atom. The Hall–Kier alpha value is -3.82. The van der Waals surface area contributed by atoms with Crippen molar-refractivity contribution in [2.75, 3.05) is 7.11 Å². The Kier molecular flexibility index (Phi) is 9.96. The van der Waals surface area contributed by atoms with Gasteiger partial charge in [-0.05, 0) is 82.6 Å². The number of thiophene rings is 2. The van der Waals surface area contributed by atoms with Crippen molar-refractivity contribution in [1.82, 2.24) is 0 Å². The van der Waals surface area contributed by atoms with E-state index < -0.39 is 20.2 Å². The lowest BCUT2D eigenvalue weighted by Gasteiger charge is -2.07. The van der Waals surface area contributed by atoms with Gasteiger partial charge in [-0.15, -0.1) is 22.7 Å². The van der Waals surface area contributed by atoms with Crippen molar-refractivity contribution in [3.8, 4) is 11.5 Å². The topological polar surface area (TPSA) is 125 Å². The molecule has 0 saturated carbocycles. The van der Waals surface area contributed by atoms with Gasteiger partial charge in [-0.2, -0.15) is 16.8 Å². The second-order valence-corrected chi connectivity index (χ2v) is 14.2. The highest BCUT2D eigenvalue weighted by Gasteiger charge is 2.18. The van der Waals surface area contributed by atoms with E-state index in [2.05, 4.69) is 4.89 Å². The van der Waals surface area contributed by atoms with E-state index in [9.17, 15) is 16.8 Å². The molecular formula is C31H26O9S4. The molecule has 0 atom stereocenters. The lowest BCUT2D eigenvalue weighted by molar-refractivity contribution is -0.252. The molecule has 0 aliphatic heterocycles. The molecule has 6 rings (SSSR count). The summed E-state index contributed by atoms with van der Waals surface area (Å²) in [5, 5.41) is 14.2. The maximum absolute atomic E-state index is 12.2. The van der Waals surface area contributed by atoms with Gasteiger partial charge in [0.25, 0.3) is 0 Å². The quantitative estimate of drug-likeness (QED) is 0.0897. The molecule has 0 amide bonds. The molecule has 0 fully saturated rings. The Bertz CT molecular complexity index is 1920. The van der Waals surface area contributed by atoms with E-state index in [-0.39, 0.29) is 22.1 Å². The summed E-state index contributed by atoms with van der Waals surface area (Å²) < 4.78 is 66.5. The Balaban J connectivity index is 0.000000175. The number of ether oxygens (including phenoxy) is 1. The third-order valence-corrected chi connectivity index (χ3v) is 10.8. The van der Waals surface area contributed by atoms with E-state index in [0.717, 1.165) is 31.3 Å². The highest BCUT2D eigenvalue weighted by Crippen LogP contribution is 2.32. The smallest absolute Gasteiger partial charge is 0.339 e. The minimum absolute atomic E-state index is 0.0366. The molecule has 9 nitrogen and oxygen atoms in total. The first-order valence-electron chi connectivity index (χ1n) is 12.9. The lowest BCUT2D eigenvalue weighted by atomic mass is 10.2. The zero-order chi connectivity index (χ0) is 31.2. The minimum Gasteiger partial charge on any atom is -0.380 e. The van der Waals surface area contributed by atoms with E-state index in [4.69, 9.17) is 18.4 Å². The third-order valence-electron chi connectivity index (χ3n) is 6.25. The largest absolute Gasteiger partial charge is 0.380 e. The number of benzene rings is 4. The minimum atomic E-state index is -3.87. The van der Waals surface area contributed by atoms with E-state index in [1.54, 1.807) is 85.2 Å². The van der Waals surface area contributed by atoms with Crippen molar-refractivity contribution in [2.24, 2.45) is 0 Å². The van der Waals surface area contributed by atoms with Crippen LogP contribution in [0.5, 0.6) is 11.5 Å². The molecule has 13 heteroatoms. The van der Waals surface area contributed by atoms with Crippen LogP contribution in [0.25, 0.3) is 20.2 Å². The standard InChI is InChI=1S/C16H14O4S2.C15H12O5S2/c1-19-10-12-11-21-16-8-7-13(9-15(12)16)20-22(17,18)14-5-3-2-4-6-14;16-19-9-11-10-21-15-7-6-12(8-14(11)15)20-22(17,18)13-4-2-1-3-5-13/h2-9,11H,10H2,1H3;1-8,10,16H,9H2. The van der Waals surface area contributed by atoms with Gasteiger partial charge < -0.3 is 13.1 Å². The number of hydrogen-bond donors (Lipinski definition) is 1. The molecule has 0 spiro atoms. The molecule has 44 heavy (non-hydrogen) atoms. The van der Waals surface area contributed by atoms with Crippen LogP contribution in [0.1, 0.15) is 11.1 Å². The van der Waals surface area contributed by atoms with Crippen molar-refractivity contribution < 1.29 is 40.1 Å². The van der Waals surface area contributed by atoms with Crippen molar-refractivity contribution in [1.29, 1.82) is 0 Å². The van der Waals surface area contributed by atoms with Crippen LogP contribution >= 0.6 is 22.7 Å². The summed E-state index contributed by atoms with van der Waals surface area (Å²) in [5.74, 6) is 0.515. The number of fused-ring (bicyclic) bond motifs is 2. The summed E-state index contributed by atoms with van der Waals surface area (Å²) >= 11 is 3.07. The average molecular weight is 671 g/mol. The molecule has 4 aromatic carbocycles. The summed E-state index contributed by atoms with van der Waals surface area (Å²) in [5.41, 5.74) is 1.79. The van der Waals surface area contributed by atoms with Crippen molar-refractivity contribution in [3.05, 3.63) is 119 Å². The van der Waals surface area contributed by atoms with E-state index in [0.29, 0.717) is 12.4 Å². The fraction of sp³-hybridized carbons (Fsp3) is 0.0968. The van der Waals surface area contributed by atoms with Crippen molar-refractivity contribution in [3.63, 3.8) is 0 Å². The first-order chi connectivity index (χ1) is 21.2. The van der Waals surface area contributed by atoms with Gasteiger partial charge in [0.1, 0.15) is 27.9 Å². The summed E-state index contributed by atoms with van der Waals surface area (Å²) in [6.45, 7) is 0.518. The van der Waals surface area contributed by atoms with Gasteiger partial charge in [0.15, 0.2) is 0 Å². The Morgan fingerprint density at radius 2 is 1.05 bits per heavy atom. The SMILES string of the molecule is COCc1csc2ccc(OS(=O)(=O)c3ccccc3)cc12.O=S(=O)(Oc1ccc2scc(COO)c2c1)c1ccccc1. The highest BCUT2D eigenvalue weighted by atomic mass is 32.2. The summed E-state index contributed by atoms with van der Waals surface area (Å²) in [7, 11) is -6.06. The van der Waals surface area contributed by atoms with Gasteiger partial charge in [0, 0.05) is 27.3 Å². The van der Waals surface area contributed by atoms with Crippen LogP contribution < -0.4 is 8.37 Å².